The SMILES string of the molecule is c1ccc(N(c2ccccc2)c2ccc3c(c2)-c2ccccc2B2c4ccccc4-c4ccccc4N23)cc1. The second-order valence-electron chi connectivity index (χ2n) is 10.2. The van der Waals surface area contributed by atoms with Crippen LogP contribution in [-0.4, -0.2) is 6.85 Å². The van der Waals surface area contributed by atoms with Crippen LogP contribution < -0.4 is 20.6 Å². The fraction of sp³-hybridized carbons (Fsp3) is 0. The van der Waals surface area contributed by atoms with Crippen LogP contribution in [0.2, 0.25) is 0 Å². The maximum Gasteiger partial charge on any atom is 0.329 e. The van der Waals surface area contributed by atoms with E-state index in [0.717, 1.165) is 17.1 Å². The van der Waals surface area contributed by atoms with Gasteiger partial charge in [0.1, 0.15) is 0 Å². The largest absolute Gasteiger partial charge is 0.376 e. The van der Waals surface area contributed by atoms with Gasteiger partial charge in [0.25, 0.3) is 0 Å². The quantitative estimate of drug-likeness (QED) is 0.229. The molecule has 0 aliphatic carbocycles. The summed E-state index contributed by atoms with van der Waals surface area (Å²) in [5.41, 5.74) is 13.8. The molecular weight excluding hydrogens is 471 g/mol. The van der Waals surface area contributed by atoms with Gasteiger partial charge in [-0.2, -0.15) is 0 Å². The third kappa shape index (κ3) is 3.37. The van der Waals surface area contributed by atoms with E-state index in [1.807, 2.05) is 0 Å². The molecule has 0 aromatic heterocycles. The van der Waals surface area contributed by atoms with Gasteiger partial charge in [0.15, 0.2) is 0 Å². The summed E-state index contributed by atoms with van der Waals surface area (Å²) in [6.45, 7) is 0.130. The number of nitrogens with zero attached hydrogens (tertiary/aromatic N) is 2. The molecule has 0 amide bonds. The maximum atomic E-state index is 2.55. The highest BCUT2D eigenvalue weighted by Crippen LogP contribution is 2.47. The van der Waals surface area contributed by atoms with E-state index in [4.69, 9.17) is 0 Å². The number of fused-ring (bicyclic) bond motifs is 11. The predicted molar refractivity (Wildman–Crippen MR) is 166 cm³/mol. The Labute approximate surface area is 229 Å². The molecule has 0 saturated carbocycles. The van der Waals surface area contributed by atoms with E-state index in [2.05, 4.69) is 161 Å². The van der Waals surface area contributed by atoms with Crippen molar-refractivity contribution in [1.29, 1.82) is 0 Å². The zero-order chi connectivity index (χ0) is 25.8. The number of hydrogen-bond donors (Lipinski definition) is 0. The minimum absolute atomic E-state index is 0.130. The zero-order valence-electron chi connectivity index (χ0n) is 21.4. The van der Waals surface area contributed by atoms with Gasteiger partial charge in [-0.05, 0) is 70.6 Å². The summed E-state index contributed by atoms with van der Waals surface area (Å²) in [7, 11) is 0. The van der Waals surface area contributed by atoms with Gasteiger partial charge in [-0.25, -0.2) is 0 Å². The molecule has 0 saturated heterocycles. The lowest BCUT2D eigenvalue weighted by Crippen LogP contribution is -2.59. The lowest BCUT2D eigenvalue weighted by molar-refractivity contribution is 1.27. The minimum atomic E-state index is 0.130. The van der Waals surface area contributed by atoms with Gasteiger partial charge in [-0.15, -0.1) is 0 Å². The lowest BCUT2D eigenvalue weighted by Gasteiger charge is -2.43. The molecule has 3 heteroatoms. The van der Waals surface area contributed by atoms with Crippen LogP contribution in [0.4, 0.5) is 28.4 Å². The van der Waals surface area contributed by atoms with E-state index in [1.165, 1.54) is 44.6 Å². The summed E-state index contributed by atoms with van der Waals surface area (Å²) in [5.74, 6) is 0. The zero-order valence-corrected chi connectivity index (χ0v) is 21.4. The number of hydrogen-bond acceptors (Lipinski definition) is 2. The molecule has 2 aliphatic heterocycles. The van der Waals surface area contributed by atoms with Crippen molar-refractivity contribution in [3.05, 3.63) is 152 Å². The minimum Gasteiger partial charge on any atom is -0.376 e. The first-order valence-corrected chi connectivity index (χ1v) is 13.5. The molecule has 0 bridgehead atoms. The smallest absolute Gasteiger partial charge is 0.329 e. The third-order valence-corrected chi connectivity index (χ3v) is 8.04. The average Bonchev–Trinajstić information content (AvgIpc) is 3.02. The van der Waals surface area contributed by atoms with Crippen LogP contribution in [0.3, 0.4) is 0 Å². The molecule has 0 atom stereocenters. The molecular formula is C36H25BN2. The highest BCUT2D eigenvalue weighted by molar-refractivity contribution is 6.92. The van der Waals surface area contributed by atoms with Crippen molar-refractivity contribution in [1.82, 2.24) is 0 Å². The topological polar surface area (TPSA) is 6.48 Å². The van der Waals surface area contributed by atoms with Crippen LogP contribution >= 0.6 is 0 Å². The second-order valence-corrected chi connectivity index (χ2v) is 10.2. The number of anilines is 5. The summed E-state index contributed by atoms with van der Waals surface area (Å²) in [4.78, 5) is 4.89. The Morgan fingerprint density at radius 1 is 0.385 bits per heavy atom. The maximum absolute atomic E-state index is 2.55. The molecule has 0 unspecified atom stereocenters. The molecule has 2 heterocycles. The summed E-state index contributed by atoms with van der Waals surface area (Å²) in [6, 6.07) is 54.9. The summed E-state index contributed by atoms with van der Waals surface area (Å²) in [5, 5.41) is 0. The van der Waals surface area contributed by atoms with Crippen LogP contribution in [-0.2, 0) is 0 Å². The van der Waals surface area contributed by atoms with Gasteiger partial charge in [0.2, 0.25) is 0 Å². The first kappa shape index (κ1) is 22.0. The van der Waals surface area contributed by atoms with E-state index in [1.54, 1.807) is 0 Å². The van der Waals surface area contributed by atoms with Crippen LogP contribution in [0.25, 0.3) is 22.3 Å². The predicted octanol–water partition coefficient (Wildman–Crippen LogP) is 8.06. The van der Waals surface area contributed by atoms with Gasteiger partial charge in [0, 0.05) is 39.6 Å². The van der Waals surface area contributed by atoms with Crippen LogP contribution in [0.5, 0.6) is 0 Å². The standard InChI is InChI=1S/C36H25BN2/c1-3-13-26(14-4-1)38(27-15-5-2-6-16-27)28-23-24-36-32(25-28)30-18-8-11-21-34(30)37-33-20-10-7-17-29(33)31-19-9-12-22-35(31)39(36)37/h1-25H. The lowest BCUT2D eigenvalue weighted by atomic mass is 9.43. The molecule has 0 spiro atoms. The highest BCUT2D eigenvalue weighted by atomic mass is 15.1. The van der Waals surface area contributed by atoms with Crippen molar-refractivity contribution in [2.75, 3.05) is 9.71 Å². The van der Waals surface area contributed by atoms with Gasteiger partial charge in [0.05, 0.1) is 0 Å². The van der Waals surface area contributed by atoms with E-state index in [-0.39, 0.29) is 6.85 Å². The monoisotopic (exact) mass is 496 g/mol. The number of para-hydroxylation sites is 3. The molecule has 2 nitrogen and oxygen atoms in total. The van der Waals surface area contributed by atoms with Crippen molar-refractivity contribution in [3.8, 4) is 22.3 Å². The Balaban J connectivity index is 1.38. The van der Waals surface area contributed by atoms with Gasteiger partial charge < -0.3 is 9.71 Å². The van der Waals surface area contributed by atoms with Crippen molar-refractivity contribution in [2.45, 2.75) is 0 Å². The molecule has 182 valence electrons. The third-order valence-electron chi connectivity index (χ3n) is 8.04. The summed E-state index contributed by atoms with van der Waals surface area (Å²) < 4.78 is 0. The first-order valence-electron chi connectivity index (χ1n) is 13.5. The summed E-state index contributed by atoms with van der Waals surface area (Å²) >= 11 is 0. The van der Waals surface area contributed by atoms with Crippen molar-refractivity contribution in [3.63, 3.8) is 0 Å². The Hall–Kier alpha value is -5.02. The van der Waals surface area contributed by atoms with Gasteiger partial charge in [-0.3, -0.25) is 0 Å². The molecule has 0 N–H and O–H groups in total. The van der Waals surface area contributed by atoms with E-state index >= 15 is 0 Å². The van der Waals surface area contributed by atoms with Crippen LogP contribution in [0.15, 0.2) is 152 Å². The average molecular weight is 496 g/mol. The Morgan fingerprint density at radius 2 is 0.872 bits per heavy atom. The summed E-state index contributed by atoms with van der Waals surface area (Å²) in [6.07, 6.45) is 0. The van der Waals surface area contributed by atoms with Gasteiger partial charge >= 0.3 is 6.85 Å². The van der Waals surface area contributed by atoms with Crippen LogP contribution in [0, 0.1) is 0 Å². The van der Waals surface area contributed by atoms with E-state index < -0.39 is 0 Å². The Bertz CT molecular complexity index is 1790. The van der Waals surface area contributed by atoms with Crippen molar-refractivity contribution >= 4 is 46.2 Å². The van der Waals surface area contributed by atoms with E-state index in [0.29, 0.717) is 0 Å². The number of benzene rings is 6. The number of rotatable bonds is 3. The molecule has 0 fully saturated rings. The molecule has 39 heavy (non-hydrogen) atoms. The highest BCUT2D eigenvalue weighted by Gasteiger charge is 2.42. The van der Waals surface area contributed by atoms with Crippen molar-refractivity contribution < 1.29 is 0 Å². The van der Waals surface area contributed by atoms with Crippen LogP contribution in [0.1, 0.15) is 0 Å². The molecule has 2 aliphatic rings. The fourth-order valence-corrected chi connectivity index (χ4v) is 6.42. The second kappa shape index (κ2) is 8.78. The molecule has 6 aromatic rings. The molecule has 0 radical (unpaired) electrons. The molecule has 6 aromatic carbocycles. The van der Waals surface area contributed by atoms with Gasteiger partial charge in [-0.1, -0.05) is 103 Å². The molecule has 8 rings (SSSR count). The Morgan fingerprint density at radius 3 is 1.51 bits per heavy atom. The fourth-order valence-electron chi connectivity index (χ4n) is 6.42. The normalized spacial score (nSPS) is 12.5. The van der Waals surface area contributed by atoms with Crippen molar-refractivity contribution in [2.24, 2.45) is 0 Å². The Kier molecular flexibility index (Phi) is 4.96. The van der Waals surface area contributed by atoms with E-state index in [9.17, 15) is 0 Å². The first-order chi connectivity index (χ1) is 19.4.